The molecular formula is C11H19BrN4O. The first-order chi connectivity index (χ1) is 7.94. The Labute approximate surface area is 110 Å². The first-order valence-corrected chi connectivity index (χ1v) is 6.32. The Morgan fingerprint density at radius 3 is 2.65 bits per heavy atom. The topological polar surface area (TPSA) is 61.3 Å². The van der Waals surface area contributed by atoms with Gasteiger partial charge in [0.15, 0.2) is 0 Å². The van der Waals surface area contributed by atoms with Gasteiger partial charge in [0.05, 0.1) is 12.1 Å². The SMILES string of the molecule is CCNc1ncnc(N(C)C(C)(C)CO)c1Br. The lowest BCUT2D eigenvalue weighted by molar-refractivity contribution is 0.215. The minimum absolute atomic E-state index is 0.0521. The number of anilines is 2. The summed E-state index contributed by atoms with van der Waals surface area (Å²) in [5, 5.41) is 12.5. The molecule has 0 amide bonds. The second-order valence-electron chi connectivity index (χ2n) is 4.42. The van der Waals surface area contributed by atoms with Gasteiger partial charge >= 0.3 is 0 Å². The predicted molar refractivity (Wildman–Crippen MR) is 73.5 cm³/mol. The first kappa shape index (κ1) is 14.2. The molecule has 0 aliphatic heterocycles. The molecular weight excluding hydrogens is 284 g/mol. The van der Waals surface area contributed by atoms with Crippen molar-refractivity contribution in [2.45, 2.75) is 26.3 Å². The fourth-order valence-corrected chi connectivity index (χ4v) is 1.89. The Kier molecular flexibility index (Phi) is 4.70. The minimum Gasteiger partial charge on any atom is -0.394 e. The average molecular weight is 303 g/mol. The molecule has 2 N–H and O–H groups in total. The standard InChI is InChI=1S/C11H19BrN4O/c1-5-13-9-8(12)10(15-7-14-9)16(4)11(2,3)6-17/h7,17H,5-6H2,1-4H3,(H,13,14,15). The first-order valence-electron chi connectivity index (χ1n) is 5.53. The molecule has 0 saturated heterocycles. The fraction of sp³-hybridized carbons (Fsp3) is 0.636. The smallest absolute Gasteiger partial charge is 0.148 e. The lowest BCUT2D eigenvalue weighted by Crippen LogP contribution is -2.45. The molecule has 1 aromatic heterocycles. The second kappa shape index (κ2) is 5.64. The van der Waals surface area contributed by atoms with Crippen LogP contribution in [0.4, 0.5) is 11.6 Å². The summed E-state index contributed by atoms with van der Waals surface area (Å²) in [5.74, 6) is 1.52. The highest BCUT2D eigenvalue weighted by Gasteiger charge is 2.26. The van der Waals surface area contributed by atoms with Crippen LogP contribution in [0.3, 0.4) is 0 Å². The van der Waals surface area contributed by atoms with Gasteiger partial charge in [-0.3, -0.25) is 0 Å². The molecule has 0 saturated carbocycles. The molecule has 1 heterocycles. The number of hydrogen-bond donors (Lipinski definition) is 2. The number of nitrogens with zero attached hydrogens (tertiary/aromatic N) is 3. The van der Waals surface area contributed by atoms with E-state index >= 15 is 0 Å². The summed E-state index contributed by atoms with van der Waals surface area (Å²) < 4.78 is 0.811. The van der Waals surface area contributed by atoms with E-state index in [1.165, 1.54) is 6.33 Å². The van der Waals surface area contributed by atoms with Crippen LogP contribution in [0.15, 0.2) is 10.8 Å². The predicted octanol–water partition coefficient (Wildman–Crippen LogP) is 1.88. The van der Waals surface area contributed by atoms with Crippen LogP contribution in [0.25, 0.3) is 0 Å². The van der Waals surface area contributed by atoms with Crippen molar-refractivity contribution in [2.24, 2.45) is 0 Å². The van der Waals surface area contributed by atoms with E-state index in [9.17, 15) is 5.11 Å². The monoisotopic (exact) mass is 302 g/mol. The number of hydrogen-bond acceptors (Lipinski definition) is 5. The van der Waals surface area contributed by atoms with Gasteiger partial charge in [0.2, 0.25) is 0 Å². The van der Waals surface area contributed by atoms with Crippen LogP contribution in [-0.2, 0) is 0 Å². The summed E-state index contributed by atoms with van der Waals surface area (Å²) in [6, 6.07) is 0. The lowest BCUT2D eigenvalue weighted by atomic mass is 10.1. The van der Waals surface area contributed by atoms with Gasteiger partial charge in [0.25, 0.3) is 0 Å². The maximum absolute atomic E-state index is 9.37. The Balaban J connectivity index is 3.10. The van der Waals surface area contributed by atoms with E-state index < -0.39 is 0 Å². The minimum atomic E-state index is -0.375. The summed E-state index contributed by atoms with van der Waals surface area (Å²) in [4.78, 5) is 10.3. The zero-order chi connectivity index (χ0) is 13.1. The number of rotatable bonds is 5. The van der Waals surface area contributed by atoms with Gasteiger partial charge in [-0.1, -0.05) is 0 Å². The van der Waals surface area contributed by atoms with Crippen LogP contribution in [0.5, 0.6) is 0 Å². The van der Waals surface area contributed by atoms with E-state index in [2.05, 4.69) is 31.2 Å². The van der Waals surface area contributed by atoms with Crippen molar-refractivity contribution in [1.82, 2.24) is 9.97 Å². The van der Waals surface area contributed by atoms with Crippen molar-refractivity contribution in [1.29, 1.82) is 0 Å². The van der Waals surface area contributed by atoms with Crippen molar-refractivity contribution in [3.8, 4) is 0 Å². The normalized spacial score (nSPS) is 11.4. The number of aliphatic hydroxyl groups is 1. The van der Waals surface area contributed by atoms with Crippen LogP contribution in [0.2, 0.25) is 0 Å². The third-order valence-electron chi connectivity index (χ3n) is 2.73. The molecule has 0 unspecified atom stereocenters. The lowest BCUT2D eigenvalue weighted by Gasteiger charge is -2.35. The molecule has 1 aromatic rings. The van der Waals surface area contributed by atoms with Crippen molar-refractivity contribution >= 4 is 27.6 Å². The molecule has 0 atom stereocenters. The average Bonchev–Trinajstić information content (AvgIpc) is 2.31. The fourth-order valence-electron chi connectivity index (χ4n) is 1.28. The highest BCUT2D eigenvalue weighted by molar-refractivity contribution is 9.10. The van der Waals surface area contributed by atoms with Crippen LogP contribution in [0, 0.1) is 0 Å². The zero-order valence-electron chi connectivity index (χ0n) is 10.7. The molecule has 0 spiro atoms. The third kappa shape index (κ3) is 3.07. The van der Waals surface area contributed by atoms with Crippen LogP contribution in [-0.4, -0.2) is 40.8 Å². The van der Waals surface area contributed by atoms with Crippen molar-refractivity contribution in [3.05, 3.63) is 10.8 Å². The Bertz CT molecular complexity index is 384. The molecule has 96 valence electrons. The van der Waals surface area contributed by atoms with Crippen LogP contribution >= 0.6 is 15.9 Å². The van der Waals surface area contributed by atoms with Gasteiger partial charge in [-0.05, 0) is 36.7 Å². The maximum Gasteiger partial charge on any atom is 0.148 e. The van der Waals surface area contributed by atoms with Gasteiger partial charge < -0.3 is 15.3 Å². The summed E-state index contributed by atoms with van der Waals surface area (Å²) in [7, 11) is 1.90. The van der Waals surface area contributed by atoms with E-state index in [-0.39, 0.29) is 12.1 Å². The summed E-state index contributed by atoms with van der Waals surface area (Å²) >= 11 is 3.49. The molecule has 0 aliphatic rings. The van der Waals surface area contributed by atoms with Crippen molar-refractivity contribution in [2.75, 3.05) is 30.4 Å². The molecule has 5 nitrogen and oxygen atoms in total. The molecule has 6 heteroatoms. The van der Waals surface area contributed by atoms with E-state index in [1.807, 2.05) is 32.7 Å². The van der Waals surface area contributed by atoms with Gasteiger partial charge in [0, 0.05) is 13.6 Å². The molecule has 17 heavy (non-hydrogen) atoms. The highest BCUT2D eigenvalue weighted by Crippen LogP contribution is 2.31. The number of nitrogens with one attached hydrogen (secondary N) is 1. The van der Waals surface area contributed by atoms with E-state index in [0.717, 1.165) is 22.7 Å². The van der Waals surface area contributed by atoms with E-state index in [4.69, 9.17) is 0 Å². The van der Waals surface area contributed by atoms with Crippen LogP contribution in [0.1, 0.15) is 20.8 Å². The summed E-state index contributed by atoms with van der Waals surface area (Å²) in [6.45, 7) is 6.76. The summed E-state index contributed by atoms with van der Waals surface area (Å²) in [6.07, 6.45) is 1.52. The zero-order valence-corrected chi connectivity index (χ0v) is 12.2. The Hall–Kier alpha value is -0.880. The van der Waals surface area contributed by atoms with Gasteiger partial charge in [-0.25, -0.2) is 9.97 Å². The molecule has 0 bridgehead atoms. The number of likely N-dealkylation sites (N-methyl/N-ethyl adjacent to an activating group) is 1. The molecule has 0 fully saturated rings. The van der Waals surface area contributed by atoms with Crippen molar-refractivity contribution < 1.29 is 5.11 Å². The highest BCUT2D eigenvalue weighted by atomic mass is 79.9. The van der Waals surface area contributed by atoms with Crippen LogP contribution < -0.4 is 10.2 Å². The number of aliphatic hydroxyl groups excluding tert-OH is 1. The largest absolute Gasteiger partial charge is 0.394 e. The molecule has 1 rings (SSSR count). The van der Waals surface area contributed by atoms with E-state index in [0.29, 0.717) is 0 Å². The maximum atomic E-state index is 9.37. The van der Waals surface area contributed by atoms with Gasteiger partial charge in [0.1, 0.15) is 22.4 Å². The van der Waals surface area contributed by atoms with E-state index in [1.54, 1.807) is 0 Å². The number of halogens is 1. The Morgan fingerprint density at radius 1 is 1.47 bits per heavy atom. The molecule has 0 radical (unpaired) electrons. The third-order valence-corrected chi connectivity index (χ3v) is 3.46. The number of aromatic nitrogens is 2. The molecule has 0 aliphatic carbocycles. The van der Waals surface area contributed by atoms with Crippen molar-refractivity contribution in [3.63, 3.8) is 0 Å². The van der Waals surface area contributed by atoms with Gasteiger partial charge in [-0.15, -0.1) is 0 Å². The molecule has 0 aromatic carbocycles. The Morgan fingerprint density at radius 2 is 2.12 bits per heavy atom. The summed E-state index contributed by atoms with van der Waals surface area (Å²) in [5.41, 5.74) is -0.375. The second-order valence-corrected chi connectivity index (χ2v) is 5.21. The quantitative estimate of drug-likeness (QED) is 0.869. The van der Waals surface area contributed by atoms with Gasteiger partial charge in [-0.2, -0.15) is 0 Å².